The summed E-state index contributed by atoms with van der Waals surface area (Å²) >= 11 is 12.8. The predicted octanol–water partition coefficient (Wildman–Crippen LogP) is 6.56. The van der Waals surface area contributed by atoms with Crippen LogP contribution in [0.4, 0.5) is 5.69 Å². The number of sulfonamides is 1. The molecule has 0 aromatic heterocycles. The third kappa shape index (κ3) is 8.03. The number of anilines is 1. The Kier molecular flexibility index (Phi) is 11.2. The van der Waals surface area contributed by atoms with Crippen LogP contribution < -0.4 is 9.62 Å². The lowest BCUT2D eigenvalue weighted by atomic mass is 10.0. The lowest BCUT2D eigenvalue weighted by Gasteiger charge is -2.32. The third-order valence-electron chi connectivity index (χ3n) is 6.84. The first-order chi connectivity index (χ1) is 19.4. The van der Waals surface area contributed by atoms with E-state index < -0.39 is 28.5 Å². The fraction of sp³-hybridized carbons (Fsp3) is 0.355. The molecule has 41 heavy (non-hydrogen) atoms. The highest BCUT2D eigenvalue weighted by Crippen LogP contribution is 2.29. The van der Waals surface area contributed by atoms with Gasteiger partial charge in [0.25, 0.3) is 10.0 Å². The average Bonchev–Trinajstić information content (AvgIpc) is 2.94. The summed E-state index contributed by atoms with van der Waals surface area (Å²) in [7, 11) is -4.15. The largest absolute Gasteiger partial charge is 0.354 e. The molecule has 0 spiro atoms. The van der Waals surface area contributed by atoms with Crippen LogP contribution in [0, 0.1) is 6.92 Å². The maximum Gasteiger partial charge on any atom is 0.264 e. The van der Waals surface area contributed by atoms with E-state index in [1.165, 1.54) is 17.0 Å². The summed E-state index contributed by atoms with van der Waals surface area (Å²) in [6.07, 6.45) is 0.720. The Balaban J connectivity index is 2.07. The Morgan fingerprint density at radius 3 is 2.02 bits per heavy atom. The molecule has 0 bridgehead atoms. The zero-order valence-corrected chi connectivity index (χ0v) is 26.4. The molecule has 0 aliphatic carbocycles. The lowest BCUT2D eigenvalue weighted by Crippen LogP contribution is -2.51. The maximum absolute atomic E-state index is 14.0. The highest BCUT2D eigenvalue weighted by Gasteiger charge is 2.33. The van der Waals surface area contributed by atoms with Gasteiger partial charge >= 0.3 is 0 Å². The van der Waals surface area contributed by atoms with Crippen LogP contribution in [0.15, 0.2) is 71.6 Å². The van der Waals surface area contributed by atoms with Gasteiger partial charge in [0, 0.05) is 28.7 Å². The Hall–Kier alpha value is -3.07. The predicted molar refractivity (Wildman–Crippen MR) is 166 cm³/mol. The van der Waals surface area contributed by atoms with Crippen LogP contribution in [0.25, 0.3) is 0 Å². The third-order valence-corrected chi connectivity index (χ3v) is 9.34. The second-order valence-corrected chi connectivity index (χ2v) is 12.9. The summed E-state index contributed by atoms with van der Waals surface area (Å²) in [4.78, 5) is 28.4. The number of hydrogen-bond donors (Lipinski definition) is 1. The van der Waals surface area contributed by atoms with Crippen LogP contribution in [0.3, 0.4) is 0 Å². The number of rotatable bonds is 12. The van der Waals surface area contributed by atoms with Crippen LogP contribution in [-0.2, 0) is 26.2 Å². The molecule has 0 unspecified atom stereocenters. The van der Waals surface area contributed by atoms with Crippen molar-refractivity contribution < 1.29 is 18.0 Å². The fourth-order valence-electron chi connectivity index (χ4n) is 4.22. The van der Waals surface area contributed by atoms with Crippen molar-refractivity contribution in [2.75, 3.05) is 17.4 Å². The summed E-state index contributed by atoms with van der Waals surface area (Å²) in [5, 5.41) is 3.49. The van der Waals surface area contributed by atoms with Gasteiger partial charge in [-0.25, -0.2) is 8.42 Å². The number of amides is 2. The molecule has 220 valence electrons. The number of hydrogen-bond acceptors (Lipinski definition) is 4. The lowest BCUT2D eigenvalue weighted by molar-refractivity contribution is -0.139. The van der Waals surface area contributed by atoms with E-state index >= 15 is 0 Å². The number of nitrogens with zero attached hydrogens (tertiary/aromatic N) is 2. The van der Waals surface area contributed by atoms with Crippen molar-refractivity contribution in [2.24, 2.45) is 0 Å². The molecule has 3 aromatic rings. The van der Waals surface area contributed by atoms with Gasteiger partial charge in [-0.3, -0.25) is 13.9 Å². The second kappa shape index (κ2) is 14.2. The van der Waals surface area contributed by atoms with Crippen molar-refractivity contribution in [2.45, 2.75) is 64.4 Å². The molecule has 0 radical (unpaired) electrons. The number of aryl methyl sites for hydroxylation is 1. The smallest absolute Gasteiger partial charge is 0.264 e. The zero-order valence-electron chi connectivity index (χ0n) is 24.0. The molecule has 3 rings (SSSR count). The number of benzene rings is 3. The van der Waals surface area contributed by atoms with E-state index in [1.807, 2.05) is 39.8 Å². The minimum atomic E-state index is -4.15. The van der Waals surface area contributed by atoms with Crippen LogP contribution >= 0.6 is 23.2 Å². The SMILES string of the molecule is CCCNC(=O)[C@H](C)N(Cc1c(Cl)cccc1Cl)C(=O)CN(c1ccc(C(C)C)cc1)S(=O)(=O)c1ccc(C)cc1. The van der Waals surface area contributed by atoms with Gasteiger partial charge in [-0.15, -0.1) is 0 Å². The maximum atomic E-state index is 14.0. The van der Waals surface area contributed by atoms with E-state index in [-0.39, 0.29) is 23.3 Å². The first-order valence-corrected chi connectivity index (χ1v) is 15.8. The minimum absolute atomic E-state index is 0.0540. The monoisotopic (exact) mass is 617 g/mol. The summed E-state index contributed by atoms with van der Waals surface area (Å²) in [5.41, 5.74) is 2.74. The van der Waals surface area contributed by atoms with E-state index in [1.54, 1.807) is 49.4 Å². The first-order valence-electron chi connectivity index (χ1n) is 13.6. The van der Waals surface area contributed by atoms with Gasteiger partial charge in [-0.1, -0.05) is 79.9 Å². The molecule has 2 amide bonds. The van der Waals surface area contributed by atoms with E-state index in [4.69, 9.17) is 23.2 Å². The average molecular weight is 619 g/mol. The summed E-state index contributed by atoms with van der Waals surface area (Å²) in [6, 6.07) is 17.6. The van der Waals surface area contributed by atoms with Crippen LogP contribution in [0.5, 0.6) is 0 Å². The Labute approximate surface area is 253 Å². The van der Waals surface area contributed by atoms with Crippen molar-refractivity contribution in [1.29, 1.82) is 0 Å². The molecule has 0 aliphatic rings. The van der Waals surface area contributed by atoms with Crippen LogP contribution in [-0.4, -0.2) is 44.3 Å². The highest BCUT2D eigenvalue weighted by atomic mass is 35.5. The van der Waals surface area contributed by atoms with Crippen molar-refractivity contribution >= 4 is 50.7 Å². The van der Waals surface area contributed by atoms with Gasteiger partial charge in [-0.05, 0) is 68.1 Å². The van der Waals surface area contributed by atoms with E-state index in [0.29, 0.717) is 27.8 Å². The Bertz CT molecular complexity index is 1440. The molecular weight excluding hydrogens is 581 g/mol. The quantitative estimate of drug-likeness (QED) is 0.249. The Morgan fingerprint density at radius 1 is 0.902 bits per heavy atom. The molecule has 1 atom stereocenters. The molecule has 0 aliphatic heterocycles. The fourth-order valence-corrected chi connectivity index (χ4v) is 6.16. The highest BCUT2D eigenvalue weighted by molar-refractivity contribution is 7.92. The number of carbonyl (C=O) groups excluding carboxylic acids is 2. The standard InChI is InChI=1S/C31H37Cl2N3O4S/c1-6-18-34-31(38)23(5)35(19-27-28(32)8-7-9-29(27)33)30(37)20-36(25-14-12-24(13-15-25)21(2)3)41(39,40)26-16-10-22(4)11-17-26/h7-17,21,23H,6,18-20H2,1-5H3,(H,34,38)/t23-/m0/s1. The number of halogens is 2. The van der Waals surface area contributed by atoms with Crippen molar-refractivity contribution in [3.05, 3.63) is 93.5 Å². The number of carbonyl (C=O) groups is 2. The van der Waals surface area contributed by atoms with Gasteiger partial charge < -0.3 is 10.2 Å². The molecule has 0 saturated heterocycles. The van der Waals surface area contributed by atoms with Gasteiger partial charge in [0.1, 0.15) is 12.6 Å². The Morgan fingerprint density at radius 2 is 1.49 bits per heavy atom. The van der Waals surface area contributed by atoms with Crippen molar-refractivity contribution in [3.63, 3.8) is 0 Å². The zero-order chi connectivity index (χ0) is 30.3. The van der Waals surface area contributed by atoms with Crippen LogP contribution in [0.1, 0.15) is 56.7 Å². The van der Waals surface area contributed by atoms with Crippen molar-refractivity contribution in [1.82, 2.24) is 10.2 Å². The molecule has 10 heteroatoms. The summed E-state index contributed by atoms with van der Waals surface area (Å²) < 4.78 is 29.0. The summed E-state index contributed by atoms with van der Waals surface area (Å²) in [5.74, 6) is -0.701. The first kappa shape index (κ1) is 32.4. The van der Waals surface area contributed by atoms with Crippen LogP contribution in [0.2, 0.25) is 10.0 Å². The van der Waals surface area contributed by atoms with E-state index in [2.05, 4.69) is 5.32 Å². The van der Waals surface area contributed by atoms with E-state index in [0.717, 1.165) is 21.9 Å². The molecule has 3 aromatic carbocycles. The molecule has 0 saturated carbocycles. The molecular formula is C31H37Cl2N3O4S. The van der Waals surface area contributed by atoms with Gasteiger partial charge in [0.05, 0.1) is 10.6 Å². The van der Waals surface area contributed by atoms with E-state index in [9.17, 15) is 18.0 Å². The summed E-state index contributed by atoms with van der Waals surface area (Å²) in [6.45, 7) is 9.30. The number of nitrogens with one attached hydrogen (secondary N) is 1. The minimum Gasteiger partial charge on any atom is -0.354 e. The normalized spacial score (nSPS) is 12.2. The molecule has 7 nitrogen and oxygen atoms in total. The van der Waals surface area contributed by atoms with Gasteiger partial charge in [0.15, 0.2) is 0 Å². The molecule has 1 N–H and O–H groups in total. The molecule has 0 heterocycles. The second-order valence-electron chi connectivity index (χ2n) is 10.3. The molecule has 0 fully saturated rings. The van der Waals surface area contributed by atoms with Gasteiger partial charge in [0.2, 0.25) is 11.8 Å². The topological polar surface area (TPSA) is 86.8 Å². The van der Waals surface area contributed by atoms with Gasteiger partial charge in [-0.2, -0.15) is 0 Å². The van der Waals surface area contributed by atoms with Crippen molar-refractivity contribution in [3.8, 4) is 0 Å².